The molecule has 2 atom stereocenters. The Morgan fingerprint density at radius 1 is 1.14 bits per heavy atom. The number of amides is 3. The minimum Gasteiger partial charge on any atom is -0.340 e. The van der Waals surface area contributed by atoms with Gasteiger partial charge in [-0.05, 0) is 35.9 Å². The van der Waals surface area contributed by atoms with Gasteiger partial charge in [-0.3, -0.25) is 4.79 Å². The molecular weight excluding hydrogens is 399 g/mol. The Labute approximate surface area is 173 Å². The van der Waals surface area contributed by atoms with Gasteiger partial charge in [0.25, 0.3) is 0 Å². The van der Waals surface area contributed by atoms with Gasteiger partial charge in [-0.2, -0.15) is 5.26 Å². The summed E-state index contributed by atoms with van der Waals surface area (Å²) in [6.45, 7) is 1.03. The van der Waals surface area contributed by atoms with E-state index in [1.807, 2.05) is 12.1 Å². The van der Waals surface area contributed by atoms with E-state index in [1.54, 1.807) is 12.1 Å². The third kappa shape index (κ3) is 4.12. The largest absolute Gasteiger partial charge is 0.340 e. The summed E-state index contributed by atoms with van der Waals surface area (Å²) in [5.41, 5.74) is 1.80. The van der Waals surface area contributed by atoms with Crippen molar-refractivity contribution in [1.82, 2.24) is 10.6 Å². The summed E-state index contributed by atoms with van der Waals surface area (Å²) in [5, 5.41) is 15.4. The number of urea groups is 1. The van der Waals surface area contributed by atoms with Crippen LogP contribution in [0.15, 0.2) is 42.5 Å². The van der Waals surface area contributed by atoms with Crippen LogP contribution < -0.4 is 15.5 Å². The number of nitriles is 1. The molecule has 8 heteroatoms. The van der Waals surface area contributed by atoms with Crippen LogP contribution in [0.1, 0.15) is 17.0 Å². The summed E-state index contributed by atoms with van der Waals surface area (Å²) < 4.78 is 0. The van der Waals surface area contributed by atoms with Gasteiger partial charge in [0.05, 0.1) is 23.2 Å². The van der Waals surface area contributed by atoms with E-state index in [4.69, 9.17) is 28.5 Å². The van der Waals surface area contributed by atoms with Crippen LogP contribution in [0.4, 0.5) is 10.5 Å². The molecule has 2 N–H and O–H groups in total. The number of halogens is 2. The molecule has 1 unspecified atom stereocenters. The van der Waals surface area contributed by atoms with Gasteiger partial charge >= 0.3 is 6.03 Å². The monoisotopic (exact) mass is 416 g/mol. The number of benzene rings is 2. The first-order valence-corrected chi connectivity index (χ1v) is 9.42. The number of imide groups is 1. The summed E-state index contributed by atoms with van der Waals surface area (Å²) in [5.74, 6) is -0.929. The molecule has 0 aromatic heterocycles. The van der Waals surface area contributed by atoms with Gasteiger partial charge in [0, 0.05) is 36.1 Å². The van der Waals surface area contributed by atoms with Crippen molar-refractivity contribution >= 4 is 40.8 Å². The maximum Gasteiger partial charge on any atom is 0.328 e. The maximum absolute atomic E-state index is 13.4. The van der Waals surface area contributed by atoms with E-state index in [2.05, 4.69) is 16.7 Å². The first kappa shape index (κ1) is 20.2. The number of carbonyl (C=O) groups is 2. The Balaban J connectivity index is 1.95. The number of anilines is 1. The third-order valence-electron chi connectivity index (χ3n) is 4.74. The van der Waals surface area contributed by atoms with Crippen LogP contribution in [0.2, 0.25) is 10.0 Å². The molecule has 144 valence electrons. The Morgan fingerprint density at radius 2 is 1.79 bits per heavy atom. The first-order chi connectivity index (χ1) is 13.4. The number of hydrogen-bond donors (Lipinski definition) is 2. The van der Waals surface area contributed by atoms with Crippen molar-refractivity contribution in [3.05, 3.63) is 63.6 Å². The lowest BCUT2D eigenvalue weighted by atomic mass is 9.87. The second-order valence-corrected chi connectivity index (χ2v) is 7.33. The molecule has 2 aromatic rings. The zero-order valence-electron chi connectivity index (χ0n) is 15.1. The van der Waals surface area contributed by atoms with E-state index in [0.29, 0.717) is 34.4 Å². The Kier molecular flexibility index (Phi) is 6.20. The van der Waals surface area contributed by atoms with Crippen molar-refractivity contribution in [3.63, 3.8) is 0 Å². The first-order valence-electron chi connectivity index (χ1n) is 8.67. The summed E-state index contributed by atoms with van der Waals surface area (Å²) in [6, 6.07) is 13.3. The molecule has 0 aliphatic carbocycles. The average molecular weight is 417 g/mol. The van der Waals surface area contributed by atoms with E-state index in [-0.39, 0.29) is 11.8 Å². The SMILES string of the molecule is CNC(=O)N(C(=O)[C@H]1CNCC1c1ccc(C#N)cc1)c1cc(Cl)cc(Cl)c1. The Hall–Kier alpha value is -2.59. The van der Waals surface area contributed by atoms with Gasteiger partial charge in [-0.25, -0.2) is 9.69 Å². The van der Waals surface area contributed by atoms with Crippen molar-refractivity contribution in [3.8, 4) is 6.07 Å². The van der Waals surface area contributed by atoms with E-state index < -0.39 is 11.9 Å². The van der Waals surface area contributed by atoms with Gasteiger partial charge in [-0.15, -0.1) is 0 Å². The number of rotatable bonds is 3. The van der Waals surface area contributed by atoms with E-state index in [1.165, 1.54) is 25.2 Å². The van der Waals surface area contributed by atoms with Crippen molar-refractivity contribution in [2.24, 2.45) is 5.92 Å². The van der Waals surface area contributed by atoms with Gasteiger partial charge < -0.3 is 10.6 Å². The molecule has 6 nitrogen and oxygen atoms in total. The molecule has 0 bridgehead atoms. The smallest absolute Gasteiger partial charge is 0.328 e. The van der Waals surface area contributed by atoms with Crippen LogP contribution in [-0.4, -0.2) is 32.1 Å². The predicted octanol–water partition coefficient (Wildman–Crippen LogP) is 3.54. The maximum atomic E-state index is 13.4. The van der Waals surface area contributed by atoms with Crippen LogP contribution in [-0.2, 0) is 4.79 Å². The molecule has 1 saturated heterocycles. The van der Waals surface area contributed by atoms with E-state index >= 15 is 0 Å². The lowest BCUT2D eigenvalue weighted by molar-refractivity contribution is -0.121. The average Bonchev–Trinajstić information content (AvgIpc) is 3.17. The van der Waals surface area contributed by atoms with Crippen molar-refractivity contribution in [2.45, 2.75) is 5.92 Å². The lowest BCUT2D eigenvalue weighted by Gasteiger charge is -2.26. The molecule has 0 saturated carbocycles. The second-order valence-electron chi connectivity index (χ2n) is 6.46. The molecule has 1 heterocycles. The molecule has 1 aliphatic heterocycles. The molecule has 1 aliphatic rings. The number of carbonyl (C=O) groups excluding carboxylic acids is 2. The zero-order valence-corrected chi connectivity index (χ0v) is 16.6. The number of hydrogen-bond acceptors (Lipinski definition) is 4. The van der Waals surface area contributed by atoms with Crippen molar-refractivity contribution in [1.29, 1.82) is 5.26 Å². The highest BCUT2D eigenvalue weighted by molar-refractivity contribution is 6.35. The van der Waals surface area contributed by atoms with Crippen molar-refractivity contribution < 1.29 is 9.59 Å². The van der Waals surface area contributed by atoms with Crippen LogP contribution in [0, 0.1) is 17.2 Å². The molecule has 0 spiro atoms. The molecule has 2 aromatic carbocycles. The highest BCUT2D eigenvalue weighted by atomic mass is 35.5. The van der Waals surface area contributed by atoms with Crippen LogP contribution in [0.3, 0.4) is 0 Å². The highest BCUT2D eigenvalue weighted by Crippen LogP contribution is 2.33. The summed E-state index contributed by atoms with van der Waals surface area (Å²) in [4.78, 5) is 26.9. The fourth-order valence-corrected chi connectivity index (χ4v) is 3.90. The zero-order chi connectivity index (χ0) is 20.3. The van der Waals surface area contributed by atoms with Gasteiger partial charge in [0.15, 0.2) is 0 Å². The molecule has 3 rings (SSSR count). The summed E-state index contributed by atoms with van der Waals surface area (Å²) in [6.07, 6.45) is 0. The van der Waals surface area contributed by atoms with Gasteiger partial charge in [-0.1, -0.05) is 35.3 Å². The van der Waals surface area contributed by atoms with Gasteiger partial charge in [0.2, 0.25) is 5.91 Å². The molecule has 1 fully saturated rings. The second kappa shape index (κ2) is 8.61. The summed E-state index contributed by atoms with van der Waals surface area (Å²) in [7, 11) is 1.46. The van der Waals surface area contributed by atoms with Crippen LogP contribution in [0.5, 0.6) is 0 Å². The lowest BCUT2D eigenvalue weighted by Crippen LogP contribution is -2.47. The number of nitrogens with one attached hydrogen (secondary N) is 2. The normalized spacial score (nSPS) is 18.4. The minimum absolute atomic E-state index is 0.123. The molecule has 28 heavy (non-hydrogen) atoms. The fraction of sp³-hybridized carbons (Fsp3) is 0.250. The van der Waals surface area contributed by atoms with E-state index in [0.717, 1.165) is 10.5 Å². The van der Waals surface area contributed by atoms with Crippen LogP contribution in [0.25, 0.3) is 0 Å². The number of nitrogens with zero attached hydrogens (tertiary/aromatic N) is 2. The predicted molar refractivity (Wildman–Crippen MR) is 109 cm³/mol. The standard InChI is InChI=1S/C20H18Cl2N4O2/c1-24-20(28)26(16-7-14(21)6-15(22)8-16)19(27)18-11-25-10-17(18)13-4-2-12(9-23)3-5-13/h2-8,17-18,25H,10-11H2,1H3,(H,24,28)/t17?,18-/m0/s1. The van der Waals surface area contributed by atoms with Crippen LogP contribution >= 0.6 is 23.2 Å². The highest BCUT2D eigenvalue weighted by Gasteiger charge is 2.39. The Morgan fingerprint density at radius 3 is 2.36 bits per heavy atom. The Bertz CT molecular complexity index is 920. The third-order valence-corrected chi connectivity index (χ3v) is 5.18. The molecular formula is C20H18Cl2N4O2. The van der Waals surface area contributed by atoms with Crippen molar-refractivity contribution in [2.75, 3.05) is 25.0 Å². The summed E-state index contributed by atoms with van der Waals surface area (Å²) >= 11 is 12.1. The topological polar surface area (TPSA) is 85.2 Å². The quantitative estimate of drug-likeness (QED) is 0.800. The van der Waals surface area contributed by atoms with E-state index in [9.17, 15) is 9.59 Å². The molecule has 0 radical (unpaired) electrons. The minimum atomic E-state index is -0.561. The molecule has 3 amide bonds. The fourth-order valence-electron chi connectivity index (χ4n) is 3.38. The van der Waals surface area contributed by atoms with Gasteiger partial charge in [0.1, 0.15) is 0 Å².